The SMILES string of the molecule is Cc1ccc([C@H]2[C@H](c3ccc(Cl)c(Cl)c3)OC23C(Cl)=C(Cl)C(=O)C(Cl)=C3Cl)cc1. The first-order valence-corrected chi connectivity index (χ1v) is 10.8. The fourth-order valence-corrected chi connectivity index (χ4v) is 5.27. The molecule has 0 radical (unpaired) electrons. The Balaban J connectivity index is 1.90. The van der Waals surface area contributed by atoms with Crippen LogP contribution in [0.25, 0.3) is 0 Å². The van der Waals surface area contributed by atoms with Crippen molar-refractivity contribution >= 4 is 75.4 Å². The number of benzene rings is 2. The number of hydrogen-bond donors (Lipinski definition) is 0. The van der Waals surface area contributed by atoms with Crippen LogP contribution in [0.5, 0.6) is 0 Å². The fraction of sp³-hybridized carbons (Fsp3) is 0.190. The number of rotatable bonds is 2. The van der Waals surface area contributed by atoms with Crippen molar-refractivity contribution in [1.29, 1.82) is 0 Å². The van der Waals surface area contributed by atoms with Gasteiger partial charge in [0.1, 0.15) is 10.1 Å². The summed E-state index contributed by atoms with van der Waals surface area (Å²) in [6.07, 6.45) is -0.461. The van der Waals surface area contributed by atoms with Gasteiger partial charge in [-0.2, -0.15) is 0 Å². The molecule has 0 unspecified atom stereocenters. The molecule has 1 saturated heterocycles. The topological polar surface area (TPSA) is 26.3 Å². The van der Waals surface area contributed by atoms with Gasteiger partial charge in [0, 0.05) is 0 Å². The van der Waals surface area contributed by atoms with Crippen LogP contribution in [0.2, 0.25) is 10.0 Å². The molecule has 0 amide bonds. The van der Waals surface area contributed by atoms with Gasteiger partial charge in [-0.05, 0) is 30.2 Å². The molecule has 29 heavy (non-hydrogen) atoms. The molecule has 2 nitrogen and oxygen atoms in total. The van der Waals surface area contributed by atoms with Crippen molar-refractivity contribution in [3.63, 3.8) is 0 Å². The van der Waals surface area contributed by atoms with Crippen LogP contribution < -0.4 is 0 Å². The van der Waals surface area contributed by atoms with E-state index in [-0.39, 0.29) is 20.1 Å². The predicted molar refractivity (Wildman–Crippen MR) is 119 cm³/mol. The van der Waals surface area contributed by atoms with E-state index in [2.05, 4.69) is 0 Å². The van der Waals surface area contributed by atoms with Crippen molar-refractivity contribution in [3.8, 4) is 0 Å². The lowest BCUT2D eigenvalue weighted by molar-refractivity contribution is -0.183. The van der Waals surface area contributed by atoms with Gasteiger partial charge in [-0.1, -0.05) is 106 Å². The van der Waals surface area contributed by atoms with E-state index >= 15 is 0 Å². The average Bonchev–Trinajstić information content (AvgIpc) is 2.68. The number of carbonyl (C=O) groups is 1. The summed E-state index contributed by atoms with van der Waals surface area (Å²) in [5.74, 6) is -1.02. The van der Waals surface area contributed by atoms with Gasteiger partial charge in [-0.25, -0.2) is 0 Å². The van der Waals surface area contributed by atoms with Gasteiger partial charge < -0.3 is 4.74 Å². The smallest absolute Gasteiger partial charge is 0.218 e. The number of ether oxygens (including phenoxy) is 1. The Labute approximate surface area is 197 Å². The molecule has 2 aromatic carbocycles. The highest BCUT2D eigenvalue weighted by Gasteiger charge is 2.64. The zero-order valence-electron chi connectivity index (χ0n) is 14.8. The Morgan fingerprint density at radius 1 is 0.793 bits per heavy atom. The lowest BCUT2D eigenvalue weighted by Crippen LogP contribution is -2.56. The summed E-state index contributed by atoms with van der Waals surface area (Å²) in [7, 11) is 0. The summed E-state index contributed by atoms with van der Waals surface area (Å²) in [5.41, 5.74) is 1.43. The second kappa shape index (κ2) is 7.76. The molecule has 1 spiro atoms. The molecular weight excluding hydrogens is 497 g/mol. The van der Waals surface area contributed by atoms with Gasteiger partial charge in [-0.15, -0.1) is 0 Å². The normalized spacial score (nSPS) is 23.6. The number of allylic oxidation sites excluding steroid dienone is 2. The predicted octanol–water partition coefficient (Wildman–Crippen LogP) is 7.86. The van der Waals surface area contributed by atoms with Gasteiger partial charge in [0.05, 0.1) is 32.1 Å². The summed E-state index contributed by atoms with van der Waals surface area (Å²) in [5, 5.41) is 0.452. The Hall–Kier alpha value is -0.710. The first-order valence-electron chi connectivity index (χ1n) is 8.54. The highest BCUT2D eigenvalue weighted by Crippen LogP contribution is 2.65. The monoisotopic (exact) mass is 506 g/mol. The summed E-state index contributed by atoms with van der Waals surface area (Å²) in [4.78, 5) is 12.3. The van der Waals surface area contributed by atoms with Crippen molar-refractivity contribution in [2.24, 2.45) is 0 Å². The number of Topliss-reactive ketones (excluding diaryl/α,β-unsaturated/α-hetero) is 1. The number of hydrogen-bond acceptors (Lipinski definition) is 2. The maximum Gasteiger partial charge on any atom is 0.218 e. The van der Waals surface area contributed by atoms with E-state index in [1.54, 1.807) is 12.1 Å². The van der Waals surface area contributed by atoms with E-state index < -0.39 is 23.4 Å². The van der Waals surface area contributed by atoms with Crippen molar-refractivity contribution in [3.05, 3.63) is 89.3 Å². The average molecular weight is 509 g/mol. The second-order valence-electron chi connectivity index (χ2n) is 6.92. The summed E-state index contributed by atoms with van der Waals surface area (Å²) < 4.78 is 6.26. The Morgan fingerprint density at radius 3 is 1.90 bits per heavy atom. The maximum absolute atomic E-state index is 12.3. The summed E-state index contributed by atoms with van der Waals surface area (Å²) >= 11 is 37.7. The van der Waals surface area contributed by atoms with Crippen LogP contribution in [-0.2, 0) is 9.53 Å². The molecule has 2 aliphatic rings. The van der Waals surface area contributed by atoms with Gasteiger partial charge in [0.2, 0.25) is 5.78 Å². The standard InChI is InChI=1S/C21H12Cl6O2/c1-9-2-4-10(5-3-9)14-18(11-6-7-12(22)13(23)8-11)29-21(14)19(26)15(24)17(28)16(25)20(21)27/h2-8,14,18H,1H3/t14-,18-/m0/s1. The minimum Gasteiger partial charge on any atom is -0.354 e. The van der Waals surface area contributed by atoms with Crippen molar-refractivity contribution in [1.82, 2.24) is 0 Å². The second-order valence-corrected chi connectivity index (χ2v) is 9.25. The van der Waals surface area contributed by atoms with Crippen LogP contribution in [0.4, 0.5) is 0 Å². The van der Waals surface area contributed by atoms with Crippen molar-refractivity contribution < 1.29 is 9.53 Å². The van der Waals surface area contributed by atoms with Crippen molar-refractivity contribution in [2.75, 3.05) is 0 Å². The van der Waals surface area contributed by atoms with E-state index in [4.69, 9.17) is 74.3 Å². The minimum absolute atomic E-state index is 0.0143. The molecule has 0 N–H and O–H groups in total. The van der Waals surface area contributed by atoms with Crippen LogP contribution in [0, 0.1) is 6.92 Å². The molecule has 4 rings (SSSR count). The van der Waals surface area contributed by atoms with Gasteiger partial charge in [0.15, 0.2) is 5.60 Å². The number of carbonyl (C=O) groups excluding carboxylic acids is 1. The zero-order valence-corrected chi connectivity index (χ0v) is 19.3. The van der Waals surface area contributed by atoms with Crippen LogP contribution in [0.1, 0.15) is 28.7 Å². The molecular formula is C21H12Cl6O2. The van der Waals surface area contributed by atoms with E-state index in [1.165, 1.54) is 0 Å². The third-order valence-corrected chi connectivity index (χ3v) is 7.79. The molecule has 1 heterocycles. The fourth-order valence-electron chi connectivity index (χ4n) is 3.71. The van der Waals surface area contributed by atoms with E-state index in [0.717, 1.165) is 16.7 Å². The third kappa shape index (κ3) is 3.25. The summed E-state index contributed by atoms with van der Waals surface area (Å²) in [6, 6.07) is 13.1. The lowest BCUT2D eigenvalue weighted by Gasteiger charge is -2.56. The molecule has 0 aromatic heterocycles. The van der Waals surface area contributed by atoms with Crippen LogP contribution in [-0.4, -0.2) is 11.4 Å². The molecule has 1 aliphatic heterocycles. The van der Waals surface area contributed by atoms with Crippen LogP contribution in [0.3, 0.4) is 0 Å². The third-order valence-electron chi connectivity index (χ3n) is 5.20. The summed E-state index contributed by atoms with van der Waals surface area (Å²) in [6.45, 7) is 1.99. The van der Waals surface area contributed by atoms with E-state index in [0.29, 0.717) is 10.0 Å². The molecule has 0 bridgehead atoms. The van der Waals surface area contributed by atoms with Gasteiger partial charge >= 0.3 is 0 Å². The first kappa shape index (κ1) is 21.5. The molecule has 1 fully saturated rings. The zero-order chi connectivity index (χ0) is 21.1. The molecule has 1 aliphatic carbocycles. The Kier molecular flexibility index (Phi) is 5.76. The highest BCUT2D eigenvalue weighted by atomic mass is 35.5. The van der Waals surface area contributed by atoms with Crippen LogP contribution in [0.15, 0.2) is 62.6 Å². The van der Waals surface area contributed by atoms with Gasteiger partial charge in [0.25, 0.3) is 0 Å². The lowest BCUT2D eigenvalue weighted by atomic mass is 9.68. The minimum atomic E-state index is -1.35. The molecule has 150 valence electrons. The van der Waals surface area contributed by atoms with E-state index in [9.17, 15) is 4.79 Å². The molecule has 0 saturated carbocycles. The molecule has 2 aromatic rings. The Bertz CT molecular complexity index is 1060. The number of aryl methyl sites for hydroxylation is 1. The molecule has 8 heteroatoms. The number of halogens is 6. The first-order chi connectivity index (χ1) is 13.7. The van der Waals surface area contributed by atoms with Crippen LogP contribution >= 0.6 is 69.6 Å². The van der Waals surface area contributed by atoms with Gasteiger partial charge in [-0.3, -0.25) is 4.79 Å². The quantitative estimate of drug-likeness (QED) is 0.412. The Morgan fingerprint density at radius 2 is 1.34 bits per heavy atom. The number of ketones is 1. The highest BCUT2D eigenvalue weighted by molar-refractivity contribution is 6.61. The van der Waals surface area contributed by atoms with Crippen molar-refractivity contribution in [2.45, 2.75) is 24.5 Å². The molecule has 2 atom stereocenters. The largest absolute Gasteiger partial charge is 0.354 e. The van der Waals surface area contributed by atoms with E-state index in [1.807, 2.05) is 37.3 Å². The maximum atomic E-state index is 12.3.